The number of carbonyl (C=O) groups excluding carboxylic acids is 2. The van der Waals surface area contributed by atoms with E-state index >= 15 is 0 Å². The minimum Gasteiger partial charge on any atom is -0.450 e. The lowest BCUT2D eigenvalue weighted by atomic mass is 9.98. The molecule has 0 fully saturated rings. The predicted octanol–water partition coefficient (Wildman–Crippen LogP) is 2.80. The van der Waals surface area contributed by atoms with Gasteiger partial charge in [-0.25, -0.2) is 4.79 Å². The van der Waals surface area contributed by atoms with Crippen molar-refractivity contribution < 1.29 is 14.3 Å². The van der Waals surface area contributed by atoms with Crippen LogP contribution in [0.5, 0.6) is 0 Å². The van der Waals surface area contributed by atoms with E-state index in [2.05, 4.69) is 24.5 Å². The lowest BCUT2D eigenvalue weighted by Gasteiger charge is -2.16. The molecule has 0 radical (unpaired) electrons. The van der Waals surface area contributed by atoms with Gasteiger partial charge < -0.3 is 15.4 Å². The van der Waals surface area contributed by atoms with Crippen LogP contribution in [0.15, 0.2) is 18.2 Å². The molecule has 0 aliphatic carbocycles. The molecule has 1 rings (SSSR count). The zero-order chi connectivity index (χ0) is 15.1. The van der Waals surface area contributed by atoms with Crippen LogP contribution >= 0.6 is 0 Å². The highest BCUT2D eigenvalue weighted by Crippen LogP contribution is 2.27. The van der Waals surface area contributed by atoms with Crippen LogP contribution in [0, 0.1) is 6.92 Å². The zero-order valence-electron chi connectivity index (χ0n) is 12.4. The van der Waals surface area contributed by atoms with Crippen LogP contribution in [0.1, 0.15) is 37.8 Å². The van der Waals surface area contributed by atoms with Gasteiger partial charge in [0.2, 0.25) is 5.91 Å². The Morgan fingerprint density at radius 3 is 2.60 bits per heavy atom. The predicted molar refractivity (Wildman–Crippen MR) is 78.9 cm³/mol. The van der Waals surface area contributed by atoms with Crippen molar-refractivity contribution in [2.24, 2.45) is 0 Å². The standard InChI is InChI=1S/C15H22N2O3/c1-5-20-15(19)16-9-13(18)17-14-11(4)7-6-8-12(14)10(2)3/h6-8,10H,5,9H2,1-4H3,(H,16,19)(H,17,18). The van der Waals surface area contributed by atoms with Crippen LogP contribution in [0.2, 0.25) is 0 Å². The van der Waals surface area contributed by atoms with Crippen molar-refractivity contribution in [2.75, 3.05) is 18.5 Å². The molecule has 2 N–H and O–H groups in total. The second-order valence-electron chi connectivity index (χ2n) is 4.82. The molecule has 0 unspecified atom stereocenters. The number of para-hydroxylation sites is 1. The Morgan fingerprint density at radius 1 is 1.30 bits per heavy atom. The molecule has 0 aliphatic rings. The van der Waals surface area contributed by atoms with Gasteiger partial charge in [0.1, 0.15) is 6.54 Å². The van der Waals surface area contributed by atoms with Crippen LogP contribution in [0.3, 0.4) is 0 Å². The maximum absolute atomic E-state index is 11.9. The Morgan fingerprint density at radius 2 is 2.00 bits per heavy atom. The third-order valence-electron chi connectivity index (χ3n) is 2.86. The van der Waals surface area contributed by atoms with Gasteiger partial charge in [0, 0.05) is 5.69 Å². The summed E-state index contributed by atoms with van der Waals surface area (Å²) in [7, 11) is 0. The van der Waals surface area contributed by atoms with Gasteiger partial charge in [-0.1, -0.05) is 32.0 Å². The Bertz CT molecular complexity index is 484. The molecular formula is C15H22N2O3. The van der Waals surface area contributed by atoms with Gasteiger partial charge in [0.15, 0.2) is 0 Å². The molecule has 0 bridgehead atoms. The molecule has 0 heterocycles. The molecule has 5 nitrogen and oxygen atoms in total. The molecule has 0 aromatic heterocycles. The number of hydrogen-bond acceptors (Lipinski definition) is 3. The van der Waals surface area contributed by atoms with E-state index in [1.54, 1.807) is 6.92 Å². The fraction of sp³-hybridized carbons (Fsp3) is 0.467. The molecule has 0 saturated heterocycles. The quantitative estimate of drug-likeness (QED) is 0.870. The second kappa shape index (κ2) is 7.53. The Kier molecular flexibility index (Phi) is 6.03. The zero-order valence-corrected chi connectivity index (χ0v) is 12.4. The van der Waals surface area contributed by atoms with E-state index < -0.39 is 6.09 Å². The van der Waals surface area contributed by atoms with Crippen molar-refractivity contribution in [3.05, 3.63) is 29.3 Å². The third-order valence-corrected chi connectivity index (χ3v) is 2.86. The fourth-order valence-corrected chi connectivity index (χ4v) is 1.86. The summed E-state index contributed by atoms with van der Waals surface area (Å²) in [4.78, 5) is 23.0. The van der Waals surface area contributed by atoms with Gasteiger partial charge >= 0.3 is 6.09 Å². The largest absolute Gasteiger partial charge is 0.450 e. The van der Waals surface area contributed by atoms with Crippen molar-refractivity contribution in [3.8, 4) is 0 Å². The topological polar surface area (TPSA) is 67.4 Å². The summed E-state index contributed by atoms with van der Waals surface area (Å²) in [5.74, 6) is 0.0393. The van der Waals surface area contributed by atoms with Gasteiger partial charge in [-0.3, -0.25) is 4.79 Å². The molecule has 0 saturated carbocycles. The van der Waals surface area contributed by atoms with Crippen LogP contribution in [-0.2, 0) is 9.53 Å². The third kappa shape index (κ3) is 4.57. The molecule has 0 atom stereocenters. The maximum Gasteiger partial charge on any atom is 0.407 e. The Labute approximate surface area is 119 Å². The lowest BCUT2D eigenvalue weighted by molar-refractivity contribution is -0.115. The normalized spacial score (nSPS) is 10.2. The molecule has 1 aromatic carbocycles. The van der Waals surface area contributed by atoms with Crippen molar-refractivity contribution >= 4 is 17.7 Å². The minimum atomic E-state index is -0.587. The summed E-state index contributed by atoms with van der Waals surface area (Å²) in [6.07, 6.45) is -0.587. The number of rotatable bonds is 5. The summed E-state index contributed by atoms with van der Waals surface area (Å²) in [5, 5.41) is 5.25. The van der Waals surface area contributed by atoms with Crippen molar-refractivity contribution in [2.45, 2.75) is 33.6 Å². The first kappa shape index (κ1) is 16.0. The summed E-state index contributed by atoms with van der Waals surface area (Å²) in [6, 6.07) is 5.91. The molecule has 2 amide bonds. The molecule has 110 valence electrons. The molecule has 1 aromatic rings. The fourth-order valence-electron chi connectivity index (χ4n) is 1.86. The van der Waals surface area contributed by atoms with Gasteiger partial charge in [-0.15, -0.1) is 0 Å². The van der Waals surface area contributed by atoms with E-state index in [0.29, 0.717) is 5.92 Å². The van der Waals surface area contributed by atoms with Crippen LogP contribution < -0.4 is 10.6 Å². The number of anilines is 1. The Balaban J connectivity index is 2.69. The number of nitrogens with one attached hydrogen (secondary N) is 2. The summed E-state index contributed by atoms with van der Waals surface area (Å²) < 4.78 is 4.70. The number of alkyl carbamates (subject to hydrolysis) is 1. The SMILES string of the molecule is CCOC(=O)NCC(=O)Nc1c(C)cccc1C(C)C. The number of benzene rings is 1. The summed E-state index contributed by atoms with van der Waals surface area (Å²) in [6.45, 7) is 7.97. The monoisotopic (exact) mass is 278 g/mol. The van der Waals surface area contributed by atoms with E-state index in [1.807, 2.05) is 25.1 Å². The molecule has 0 spiro atoms. The first-order valence-electron chi connectivity index (χ1n) is 6.75. The lowest BCUT2D eigenvalue weighted by Crippen LogP contribution is -2.33. The van der Waals surface area contributed by atoms with Gasteiger partial charge in [0.25, 0.3) is 0 Å². The number of carbonyl (C=O) groups is 2. The summed E-state index contributed by atoms with van der Waals surface area (Å²) >= 11 is 0. The van der Waals surface area contributed by atoms with E-state index in [1.165, 1.54) is 0 Å². The van der Waals surface area contributed by atoms with Crippen LogP contribution in [-0.4, -0.2) is 25.2 Å². The second-order valence-corrected chi connectivity index (χ2v) is 4.82. The first-order valence-corrected chi connectivity index (χ1v) is 6.75. The van der Waals surface area contributed by atoms with Crippen LogP contribution in [0.4, 0.5) is 10.5 Å². The maximum atomic E-state index is 11.9. The number of aryl methyl sites for hydroxylation is 1. The Hall–Kier alpha value is -2.04. The van der Waals surface area contributed by atoms with Crippen LogP contribution in [0.25, 0.3) is 0 Å². The van der Waals surface area contributed by atoms with Crippen molar-refractivity contribution in [1.82, 2.24) is 5.32 Å². The van der Waals surface area contributed by atoms with E-state index in [0.717, 1.165) is 16.8 Å². The van der Waals surface area contributed by atoms with E-state index in [9.17, 15) is 9.59 Å². The first-order chi connectivity index (χ1) is 9.45. The number of amides is 2. The molecule has 20 heavy (non-hydrogen) atoms. The number of ether oxygens (including phenoxy) is 1. The highest BCUT2D eigenvalue weighted by molar-refractivity contribution is 5.95. The van der Waals surface area contributed by atoms with Gasteiger partial charge in [0.05, 0.1) is 6.61 Å². The average Bonchev–Trinajstić information content (AvgIpc) is 2.39. The molecule has 0 aliphatic heterocycles. The highest BCUT2D eigenvalue weighted by Gasteiger charge is 2.12. The summed E-state index contributed by atoms with van der Waals surface area (Å²) in [5.41, 5.74) is 2.90. The van der Waals surface area contributed by atoms with Gasteiger partial charge in [-0.05, 0) is 30.9 Å². The van der Waals surface area contributed by atoms with E-state index in [4.69, 9.17) is 4.74 Å². The number of hydrogen-bond donors (Lipinski definition) is 2. The van der Waals surface area contributed by atoms with E-state index in [-0.39, 0.29) is 19.1 Å². The van der Waals surface area contributed by atoms with Crippen molar-refractivity contribution in [1.29, 1.82) is 0 Å². The van der Waals surface area contributed by atoms with Crippen molar-refractivity contribution in [3.63, 3.8) is 0 Å². The minimum absolute atomic E-state index is 0.106. The van der Waals surface area contributed by atoms with Gasteiger partial charge in [-0.2, -0.15) is 0 Å². The molecular weight excluding hydrogens is 256 g/mol. The average molecular weight is 278 g/mol. The molecule has 5 heteroatoms. The smallest absolute Gasteiger partial charge is 0.407 e. The highest BCUT2D eigenvalue weighted by atomic mass is 16.5.